The van der Waals surface area contributed by atoms with E-state index in [9.17, 15) is 4.79 Å². The van der Waals surface area contributed by atoms with Crippen molar-refractivity contribution < 1.29 is 4.79 Å². The van der Waals surface area contributed by atoms with Crippen LogP contribution in [0.25, 0.3) is 0 Å². The molecule has 1 amide bonds. The molecule has 1 radical (unpaired) electrons. The Labute approximate surface area is 96.3 Å². The summed E-state index contributed by atoms with van der Waals surface area (Å²) in [4.78, 5) is 13.9. The third kappa shape index (κ3) is 1.53. The number of hydrogen-bond acceptors (Lipinski definition) is 1. The molecule has 2 heteroatoms. The third-order valence-corrected chi connectivity index (χ3v) is 3.70. The summed E-state index contributed by atoms with van der Waals surface area (Å²) >= 11 is 0. The molecule has 1 saturated carbocycles. The van der Waals surface area contributed by atoms with Gasteiger partial charge in [0.1, 0.15) is 0 Å². The summed E-state index contributed by atoms with van der Waals surface area (Å²) in [6.45, 7) is 0.786. The van der Waals surface area contributed by atoms with Crippen molar-refractivity contribution >= 4 is 5.91 Å². The van der Waals surface area contributed by atoms with Gasteiger partial charge in [0.25, 0.3) is 0 Å². The van der Waals surface area contributed by atoms with Crippen LogP contribution in [0.3, 0.4) is 0 Å². The minimum atomic E-state index is 0.234. The first kappa shape index (κ1) is 9.88. The molecule has 0 bridgehead atoms. The smallest absolute Gasteiger partial charge is 0.228 e. The van der Waals surface area contributed by atoms with Gasteiger partial charge in [-0.1, -0.05) is 36.8 Å². The van der Waals surface area contributed by atoms with Gasteiger partial charge in [-0.15, -0.1) is 0 Å². The second-order valence-corrected chi connectivity index (χ2v) is 4.71. The number of benzene rings is 1. The summed E-state index contributed by atoms with van der Waals surface area (Å²) in [5, 5.41) is 0. The van der Waals surface area contributed by atoms with Gasteiger partial charge in [-0.05, 0) is 24.8 Å². The summed E-state index contributed by atoms with van der Waals surface area (Å²) in [5.41, 5.74) is 1.24. The van der Waals surface area contributed by atoms with Crippen LogP contribution < -0.4 is 0 Å². The Morgan fingerprint density at radius 2 is 2.06 bits per heavy atom. The van der Waals surface area contributed by atoms with Crippen molar-refractivity contribution in [2.45, 2.75) is 31.8 Å². The molecule has 2 nitrogen and oxygen atoms in total. The van der Waals surface area contributed by atoms with Crippen molar-refractivity contribution in [3.8, 4) is 0 Å². The van der Waals surface area contributed by atoms with E-state index in [0.29, 0.717) is 11.9 Å². The zero-order valence-corrected chi connectivity index (χ0v) is 9.30. The number of β-lactam (4-membered cyclic amide) rings is 1. The van der Waals surface area contributed by atoms with Crippen molar-refractivity contribution in [3.63, 3.8) is 0 Å². The highest BCUT2D eigenvalue weighted by Crippen LogP contribution is 2.38. The Morgan fingerprint density at radius 1 is 1.25 bits per heavy atom. The van der Waals surface area contributed by atoms with Gasteiger partial charge in [0, 0.05) is 12.6 Å². The lowest BCUT2D eigenvalue weighted by atomic mass is 9.76. The second-order valence-electron chi connectivity index (χ2n) is 4.71. The van der Waals surface area contributed by atoms with Crippen molar-refractivity contribution in [2.24, 2.45) is 5.92 Å². The van der Waals surface area contributed by atoms with E-state index in [4.69, 9.17) is 0 Å². The summed E-state index contributed by atoms with van der Waals surface area (Å²) in [7, 11) is 0. The minimum absolute atomic E-state index is 0.234. The lowest BCUT2D eigenvalue weighted by Crippen LogP contribution is -2.61. The van der Waals surface area contributed by atoms with Gasteiger partial charge in [-0.25, -0.2) is 0 Å². The molecule has 83 valence electrons. The zero-order chi connectivity index (χ0) is 11.0. The van der Waals surface area contributed by atoms with Crippen molar-refractivity contribution in [1.29, 1.82) is 0 Å². The van der Waals surface area contributed by atoms with Crippen LogP contribution in [-0.4, -0.2) is 16.8 Å². The van der Waals surface area contributed by atoms with Crippen LogP contribution in [-0.2, 0) is 11.3 Å². The fourth-order valence-electron chi connectivity index (χ4n) is 2.82. The minimum Gasteiger partial charge on any atom is -0.334 e. The number of carbonyl (C=O) groups excluding carboxylic acids is 1. The van der Waals surface area contributed by atoms with E-state index in [2.05, 4.69) is 18.6 Å². The Balaban J connectivity index is 1.70. The molecule has 0 aromatic heterocycles. The first-order valence-corrected chi connectivity index (χ1v) is 6.04. The normalized spacial score (nSPS) is 28.5. The molecule has 1 aromatic rings. The molecule has 3 rings (SSSR count). The van der Waals surface area contributed by atoms with E-state index >= 15 is 0 Å². The molecule has 2 atom stereocenters. The maximum absolute atomic E-state index is 11.9. The van der Waals surface area contributed by atoms with Crippen molar-refractivity contribution in [3.05, 3.63) is 42.3 Å². The number of rotatable bonds is 2. The van der Waals surface area contributed by atoms with Gasteiger partial charge in [0.15, 0.2) is 0 Å². The predicted molar refractivity (Wildman–Crippen MR) is 62.4 cm³/mol. The van der Waals surface area contributed by atoms with Crippen LogP contribution >= 0.6 is 0 Å². The summed E-state index contributed by atoms with van der Waals surface area (Å²) in [6.07, 6.45) is 5.74. The third-order valence-electron chi connectivity index (χ3n) is 3.70. The number of fused-ring (bicyclic) bond motifs is 1. The van der Waals surface area contributed by atoms with Gasteiger partial charge in [-0.3, -0.25) is 4.79 Å². The molecular formula is C14H16NO. The van der Waals surface area contributed by atoms with Crippen LogP contribution in [0.1, 0.15) is 24.8 Å². The topological polar surface area (TPSA) is 20.3 Å². The van der Waals surface area contributed by atoms with E-state index in [1.165, 1.54) is 18.4 Å². The highest BCUT2D eigenvalue weighted by Gasteiger charge is 2.47. The summed E-state index contributed by atoms with van der Waals surface area (Å²) < 4.78 is 0. The Bertz CT molecular complexity index is 387. The molecule has 1 aliphatic heterocycles. The first-order valence-electron chi connectivity index (χ1n) is 6.04. The predicted octanol–water partition coefficient (Wildman–Crippen LogP) is 2.40. The fourth-order valence-corrected chi connectivity index (χ4v) is 2.82. The second kappa shape index (κ2) is 3.93. The van der Waals surface area contributed by atoms with Crippen LogP contribution in [0.15, 0.2) is 30.3 Å². The average Bonchev–Trinajstić information content (AvgIpc) is 2.37. The van der Waals surface area contributed by atoms with Gasteiger partial charge in [-0.2, -0.15) is 0 Å². The SMILES string of the molecule is O=C1[C@@H]2[CH]CCC[C@@H]2N1Cc1ccccc1. The molecule has 0 spiro atoms. The average molecular weight is 214 g/mol. The van der Waals surface area contributed by atoms with E-state index < -0.39 is 0 Å². The lowest BCUT2D eigenvalue weighted by molar-refractivity contribution is -0.156. The molecular weight excluding hydrogens is 198 g/mol. The van der Waals surface area contributed by atoms with E-state index in [0.717, 1.165) is 13.0 Å². The molecule has 0 N–H and O–H groups in total. The quantitative estimate of drug-likeness (QED) is 0.692. The van der Waals surface area contributed by atoms with E-state index in [1.54, 1.807) is 0 Å². The Morgan fingerprint density at radius 3 is 2.88 bits per heavy atom. The summed E-state index contributed by atoms with van der Waals surface area (Å²) in [6, 6.07) is 10.7. The molecule has 16 heavy (non-hydrogen) atoms. The maximum atomic E-state index is 11.9. The number of likely N-dealkylation sites (tertiary alicyclic amines) is 1. The van der Waals surface area contributed by atoms with Crippen molar-refractivity contribution in [1.82, 2.24) is 4.90 Å². The van der Waals surface area contributed by atoms with Crippen LogP contribution in [0.4, 0.5) is 0 Å². The van der Waals surface area contributed by atoms with Gasteiger partial charge >= 0.3 is 0 Å². The van der Waals surface area contributed by atoms with Crippen LogP contribution in [0.2, 0.25) is 0 Å². The highest BCUT2D eigenvalue weighted by atomic mass is 16.2. The number of hydrogen-bond donors (Lipinski definition) is 0. The van der Waals surface area contributed by atoms with Gasteiger partial charge < -0.3 is 4.90 Å². The lowest BCUT2D eigenvalue weighted by Gasteiger charge is -2.49. The molecule has 1 aliphatic carbocycles. The maximum Gasteiger partial charge on any atom is 0.228 e. The van der Waals surface area contributed by atoms with Crippen LogP contribution in [0.5, 0.6) is 0 Å². The molecule has 1 aromatic carbocycles. The number of amides is 1. The molecule has 1 saturated heterocycles. The summed E-state index contributed by atoms with van der Waals surface area (Å²) in [5.74, 6) is 0.561. The van der Waals surface area contributed by atoms with Crippen LogP contribution in [0, 0.1) is 12.3 Å². The standard InChI is InChI=1S/C14H16NO/c16-14-12-8-4-5-9-13(12)15(14)10-11-6-2-1-3-7-11/h1-3,6-8,12-13H,4-5,9-10H2/t12-,13+/m1/s1. The number of carbonyl (C=O) groups is 1. The van der Waals surface area contributed by atoms with E-state index in [-0.39, 0.29) is 5.92 Å². The van der Waals surface area contributed by atoms with Gasteiger partial charge in [0.2, 0.25) is 5.91 Å². The monoisotopic (exact) mass is 214 g/mol. The fraction of sp³-hybridized carbons (Fsp3) is 0.429. The van der Waals surface area contributed by atoms with E-state index in [1.807, 2.05) is 23.1 Å². The Kier molecular flexibility index (Phi) is 2.43. The molecule has 2 fully saturated rings. The first-order chi connectivity index (χ1) is 7.86. The highest BCUT2D eigenvalue weighted by molar-refractivity contribution is 5.87. The van der Waals surface area contributed by atoms with Crippen molar-refractivity contribution in [2.75, 3.05) is 0 Å². The number of nitrogens with zero attached hydrogens (tertiary/aromatic N) is 1. The van der Waals surface area contributed by atoms with Gasteiger partial charge in [0.05, 0.1) is 5.92 Å². The zero-order valence-electron chi connectivity index (χ0n) is 9.30. The molecule has 1 heterocycles. The molecule has 0 unspecified atom stereocenters. The largest absolute Gasteiger partial charge is 0.334 e. The Hall–Kier alpha value is -1.31. The molecule has 2 aliphatic rings.